The molecule has 8 heteroatoms. The zero-order valence-corrected chi connectivity index (χ0v) is 14.8. The molecular formula is C15H18FN3O2S2. The van der Waals surface area contributed by atoms with Crippen molar-refractivity contribution in [1.82, 2.24) is 14.5 Å². The van der Waals surface area contributed by atoms with E-state index in [1.807, 2.05) is 0 Å². The van der Waals surface area contributed by atoms with Crippen LogP contribution in [0.15, 0.2) is 28.0 Å². The molecule has 0 amide bonds. The third-order valence-electron chi connectivity index (χ3n) is 4.02. The molecule has 2 aromatic rings. The minimum absolute atomic E-state index is 0.205. The van der Waals surface area contributed by atoms with Crippen LogP contribution in [0.4, 0.5) is 4.39 Å². The molecule has 1 aromatic carbocycles. The van der Waals surface area contributed by atoms with Gasteiger partial charge in [0, 0.05) is 18.0 Å². The summed E-state index contributed by atoms with van der Waals surface area (Å²) in [6, 6.07) is 4.09. The van der Waals surface area contributed by atoms with Crippen molar-refractivity contribution in [1.29, 1.82) is 0 Å². The first-order valence-corrected chi connectivity index (χ1v) is 9.71. The number of fused-ring (bicyclic) bond motifs is 1. The number of nitrogens with one attached hydrogen (secondary N) is 1. The standard InChI is InChI=1S/C15H18FN3O2S2/c1-9-15(10(2)19(3)17-9)23(20,21)18-13-6-7-22-14-5-4-11(16)8-12(13)14/h4-5,8,13,18H,6-7H2,1-3H3. The van der Waals surface area contributed by atoms with E-state index in [-0.39, 0.29) is 10.7 Å². The smallest absolute Gasteiger partial charge is 0.244 e. The van der Waals surface area contributed by atoms with Gasteiger partial charge >= 0.3 is 0 Å². The number of hydrogen-bond acceptors (Lipinski definition) is 4. The fraction of sp³-hybridized carbons (Fsp3) is 0.400. The molecular weight excluding hydrogens is 337 g/mol. The Bertz CT molecular complexity index is 862. The van der Waals surface area contributed by atoms with Gasteiger partial charge in [0.2, 0.25) is 10.0 Å². The topological polar surface area (TPSA) is 64.0 Å². The summed E-state index contributed by atoms with van der Waals surface area (Å²) in [5.74, 6) is 0.431. The van der Waals surface area contributed by atoms with Gasteiger partial charge in [-0.3, -0.25) is 4.68 Å². The van der Waals surface area contributed by atoms with E-state index in [0.29, 0.717) is 23.4 Å². The van der Waals surface area contributed by atoms with Gasteiger partial charge in [-0.25, -0.2) is 17.5 Å². The molecule has 1 aliphatic rings. The molecule has 124 valence electrons. The monoisotopic (exact) mass is 355 g/mol. The van der Waals surface area contributed by atoms with Crippen molar-refractivity contribution in [3.05, 3.63) is 41.0 Å². The molecule has 0 fully saturated rings. The second kappa shape index (κ2) is 5.92. The third kappa shape index (κ3) is 3.02. The summed E-state index contributed by atoms with van der Waals surface area (Å²) < 4.78 is 43.4. The van der Waals surface area contributed by atoms with Gasteiger partial charge in [-0.05, 0) is 49.8 Å². The van der Waals surface area contributed by atoms with Gasteiger partial charge < -0.3 is 0 Å². The van der Waals surface area contributed by atoms with E-state index in [9.17, 15) is 12.8 Å². The fourth-order valence-electron chi connectivity index (χ4n) is 2.88. The van der Waals surface area contributed by atoms with E-state index in [4.69, 9.17) is 0 Å². The first-order chi connectivity index (χ1) is 10.8. The highest BCUT2D eigenvalue weighted by atomic mass is 32.2. The van der Waals surface area contributed by atoms with Crippen LogP contribution in [0.3, 0.4) is 0 Å². The molecule has 5 nitrogen and oxygen atoms in total. The zero-order chi connectivity index (χ0) is 16.8. The van der Waals surface area contributed by atoms with Crippen LogP contribution in [0, 0.1) is 19.7 Å². The molecule has 0 radical (unpaired) electrons. The highest BCUT2D eigenvalue weighted by molar-refractivity contribution is 7.99. The highest BCUT2D eigenvalue weighted by Crippen LogP contribution is 2.37. The normalized spacial score (nSPS) is 18.0. The Labute approximate surface area is 139 Å². The van der Waals surface area contributed by atoms with E-state index in [1.165, 1.54) is 12.1 Å². The highest BCUT2D eigenvalue weighted by Gasteiger charge is 2.30. The van der Waals surface area contributed by atoms with Crippen molar-refractivity contribution in [2.45, 2.75) is 36.1 Å². The molecule has 1 aromatic heterocycles. The molecule has 0 saturated carbocycles. The lowest BCUT2D eigenvalue weighted by atomic mass is 10.0. The van der Waals surface area contributed by atoms with Crippen LogP contribution in [-0.4, -0.2) is 24.0 Å². The Morgan fingerprint density at radius 1 is 1.39 bits per heavy atom. The summed E-state index contributed by atoms with van der Waals surface area (Å²) in [4.78, 5) is 1.13. The fourth-order valence-corrected chi connectivity index (χ4v) is 5.67. The summed E-state index contributed by atoms with van der Waals surface area (Å²) in [5, 5.41) is 4.16. The summed E-state index contributed by atoms with van der Waals surface area (Å²) in [5.41, 5.74) is 1.74. The van der Waals surface area contributed by atoms with Gasteiger partial charge in [0.05, 0.1) is 11.4 Å². The first-order valence-electron chi connectivity index (χ1n) is 7.24. The lowest BCUT2D eigenvalue weighted by molar-refractivity contribution is 0.540. The van der Waals surface area contributed by atoms with Crippen LogP contribution < -0.4 is 4.72 Å². The van der Waals surface area contributed by atoms with Crippen LogP contribution in [-0.2, 0) is 17.1 Å². The van der Waals surface area contributed by atoms with Crippen molar-refractivity contribution in [2.24, 2.45) is 7.05 Å². The van der Waals surface area contributed by atoms with E-state index in [0.717, 1.165) is 10.6 Å². The number of halogens is 1. The van der Waals surface area contributed by atoms with Crippen molar-refractivity contribution < 1.29 is 12.8 Å². The maximum absolute atomic E-state index is 13.6. The third-order valence-corrected chi connectivity index (χ3v) is 6.87. The molecule has 0 saturated heterocycles. The maximum Gasteiger partial charge on any atom is 0.244 e. The molecule has 2 heterocycles. The van der Waals surface area contributed by atoms with Gasteiger partial charge in [-0.2, -0.15) is 5.10 Å². The van der Waals surface area contributed by atoms with Gasteiger partial charge in [0.15, 0.2) is 0 Å². The Kier molecular flexibility index (Phi) is 4.24. The quantitative estimate of drug-likeness (QED) is 0.919. The molecule has 0 bridgehead atoms. The predicted molar refractivity (Wildman–Crippen MR) is 87.5 cm³/mol. The number of aromatic nitrogens is 2. The van der Waals surface area contributed by atoms with Gasteiger partial charge in [0.1, 0.15) is 10.7 Å². The SMILES string of the molecule is Cc1nn(C)c(C)c1S(=O)(=O)NC1CCSc2ccc(F)cc21. The Hall–Kier alpha value is -1.38. The van der Waals surface area contributed by atoms with Crippen LogP contribution >= 0.6 is 11.8 Å². The molecule has 3 rings (SSSR count). The number of aryl methyl sites for hydroxylation is 2. The Balaban J connectivity index is 1.98. The molecule has 23 heavy (non-hydrogen) atoms. The first kappa shape index (κ1) is 16.5. The molecule has 1 aliphatic heterocycles. The van der Waals surface area contributed by atoms with E-state index in [2.05, 4.69) is 9.82 Å². The molecule has 0 spiro atoms. The molecule has 1 unspecified atom stereocenters. The number of nitrogens with zero attached hydrogens (tertiary/aromatic N) is 2. The molecule has 0 aliphatic carbocycles. The van der Waals surface area contributed by atoms with Gasteiger partial charge in [0.25, 0.3) is 0 Å². The van der Waals surface area contributed by atoms with Gasteiger partial charge in [-0.15, -0.1) is 11.8 Å². The molecule has 1 atom stereocenters. The molecule has 1 N–H and O–H groups in total. The summed E-state index contributed by atoms with van der Waals surface area (Å²) in [7, 11) is -2.01. The minimum Gasteiger partial charge on any atom is -0.271 e. The van der Waals surface area contributed by atoms with Crippen molar-refractivity contribution in [3.63, 3.8) is 0 Å². The van der Waals surface area contributed by atoms with Crippen LogP contribution in [0.5, 0.6) is 0 Å². The van der Waals surface area contributed by atoms with Crippen LogP contribution in [0.2, 0.25) is 0 Å². The zero-order valence-electron chi connectivity index (χ0n) is 13.1. The summed E-state index contributed by atoms with van der Waals surface area (Å²) in [6.07, 6.45) is 0.624. The lowest BCUT2D eigenvalue weighted by Gasteiger charge is -2.25. The summed E-state index contributed by atoms with van der Waals surface area (Å²) in [6.45, 7) is 3.39. The van der Waals surface area contributed by atoms with E-state index >= 15 is 0 Å². The van der Waals surface area contributed by atoms with Crippen molar-refractivity contribution in [3.8, 4) is 0 Å². The lowest BCUT2D eigenvalue weighted by Crippen LogP contribution is -2.31. The average Bonchev–Trinajstić information content (AvgIpc) is 2.73. The predicted octanol–water partition coefficient (Wildman–Crippen LogP) is 2.69. The second-order valence-electron chi connectivity index (χ2n) is 5.62. The van der Waals surface area contributed by atoms with E-state index in [1.54, 1.807) is 43.4 Å². The Morgan fingerprint density at radius 2 is 2.13 bits per heavy atom. The number of hydrogen-bond donors (Lipinski definition) is 1. The van der Waals surface area contributed by atoms with E-state index < -0.39 is 16.1 Å². The summed E-state index contributed by atoms with van der Waals surface area (Å²) >= 11 is 1.62. The Morgan fingerprint density at radius 3 is 2.78 bits per heavy atom. The average molecular weight is 355 g/mol. The van der Waals surface area contributed by atoms with Crippen LogP contribution in [0.25, 0.3) is 0 Å². The van der Waals surface area contributed by atoms with Crippen molar-refractivity contribution in [2.75, 3.05) is 5.75 Å². The number of sulfonamides is 1. The largest absolute Gasteiger partial charge is 0.271 e. The van der Waals surface area contributed by atoms with Gasteiger partial charge in [-0.1, -0.05) is 0 Å². The van der Waals surface area contributed by atoms with Crippen molar-refractivity contribution >= 4 is 21.8 Å². The minimum atomic E-state index is -3.72. The number of thioether (sulfide) groups is 1. The maximum atomic E-state index is 13.6. The number of benzene rings is 1. The van der Waals surface area contributed by atoms with Crippen LogP contribution in [0.1, 0.15) is 29.4 Å². The second-order valence-corrected chi connectivity index (χ2v) is 8.40. The number of rotatable bonds is 3.